The van der Waals surface area contributed by atoms with Gasteiger partial charge in [-0.15, -0.1) is 0 Å². The van der Waals surface area contributed by atoms with Crippen LogP contribution in [0.5, 0.6) is 0 Å². The number of hydrogen-bond acceptors (Lipinski definition) is 6. The molecule has 0 heterocycles. The van der Waals surface area contributed by atoms with E-state index in [9.17, 15) is 14.4 Å². The zero-order valence-corrected chi connectivity index (χ0v) is 15.3. The molecule has 0 saturated carbocycles. The summed E-state index contributed by atoms with van der Waals surface area (Å²) in [5.41, 5.74) is 0.371. The standard InChI is InChI=1S/C18H26N2O5/c1-6-25-17(23)12-9-7-8-10-13(12)20-15(18(2,3)4)16(22)19-11-14(21)24-5/h7-10,15,20H,6,11H2,1-5H3,(H,19,22). The molecule has 1 aromatic rings. The Morgan fingerprint density at radius 1 is 1.16 bits per heavy atom. The van der Waals surface area contributed by atoms with Crippen LogP contribution >= 0.6 is 0 Å². The SMILES string of the molecule is CCOC(=O)c1ccccc1NC(C(=O)NCC(=O)OC)C(C)(C)C. The van der Waals surface area contributed by atoms with Gasteiger partial charge in [-0.2, -0.15) is 0 Å². The molecule has 0 aromatic heterocycles. The van der Waals surface area contributed by atoms with E-state index in [0.717, 1.165) is 0 Å². The van der Waals surface area contributed by atoms with Crippen molar-refractivity contribution >= 4 is 23.5 Å². The molecule has 25 heavy (non-hydrogen) atoms. The van der Waals surface area contributed by atoms with Crippen LogP contribution in [-0.4, -0.2) is 44.1 Å². The molecular weight excluding hydrogens is 324 g/mol. The second kappa shape index (κ2) is 9.05. The third-order valence-corrected chi connectivity index (χ3v) is 3.49. The van der Waals surface area contributed by atoms with Crippen LogP contribution in [0.3, 0.4) is 0 Å². The first kappa shape index (κ1) is 20.5. The first-order valence-electron chi connectivity index (χ1n) is 8.08. The number of esters is 2. The molecule has 2 N–H and O–H groups in total. The number of amides is 1. The fourth-order valence-corrected chi connectivity index (χ4v) is 2.16. The van der Waals surface area contributed by atoms with Gasteiger partial charge in [-0.1, -0.05) is 32.9 Å². The Kier molecular flexibility index (Phi) is 7.42. The summed E-state index contributed by atoms with van der Waals surface area (Å²) in [5, 5.41) is 5.65. The molecule has 0 aliphatic rings. The smallest absolute Gasteiger partial charge is 0.340 e. The molecule has 138 valence electrons. The molecule has 0 spiro atoms. The minimum Gasteiger partial charge on any atom is -0.468 e. The van der Waals surface area contributed by atoms with Crippen molar-refractivity contribution < 1.29 is 23.9 Å². The van der Waals surface area contributed by atoms with E-state index in [1.165, 1.54) is 7.11 Å². The van der Waals surface area contributed by atoms with Crippen molar-refractivity contribution in [2.24, 2.45) is 5.41 Å². The normalized spacial score (nSPS) is 12.0. The lowest BCUT2D eigenvalue weighted by Crippen LogP contribution is -2.49. The Morgan fingerprint density at radius 2 is 1.80 bits per heavy atom. The number of hydrogen-bond donors (Lipinski definition) is 2. The van der Waals surface area contributed by atoms with Crippen molar-refractivity contribution in [3.63, 3.8) is 0 Å². The van der Waals surface area contributed by atoms with Crippen LogP contribution in [0, 0.1) is 5.41 Å². The van der Waals surface area contributed by atoms with Gasteiger partial charge in [0, 0.05) is 5.69 Å². The third-order valence-electron chi connectivity index (χ3n) is 3.49. The fraction of sp³-hybridized carbons (Fsp3) is 0.500. The van der Waals surface area contributed by atoms with E-state index in [4.69, 9.17) is 4.74 Å². The van der Waals surface area contributed by atoms with Gasteiger partial charge in [-0.25, -0.2) is 4.79 Å². The summed E-state index contributed by atoms with van der Waals surface area (Å²) in [7, 11) is 1.25. The molecule has 7 nitrogen and oxygen atoms in total. The summed E-state index contributed by atoms with van der Waals surface area (Å²) in [4.78, 5) is 35.9. The molecule has 0 bridgehead atoms. The summed E-state index contributed by atoms with van der Waals surface area (Å²) in [6.07, 6.45) is 0. The van der Waals surface area contributed by atoms with E-state index in [1.807, 2.05) is 20.8 Å². The molecule has 1 rings (SSSR count). The van der Waals surface area contributed by atoms with Crippen LogP contribution in [-0.2, 0) is 19.1 Å². The Balaban J connectivity index is 3.02. The van der Waals surface area contributed by atoms with E-state index < -0.39 is 23.4 Å². The number of benzene rings is 1. The maximum absolute atomic E-state index is 12.5. The number of para-hydroxylation sites is 1. The monoisotopic (exact) mass is 350 g/mol. The van der Waals surface area contributed by atoms with Gasteiger partial charge in [-0.3, -0.25) is 9.59 Å². The predicted molar refractivity (Wildman–Crippen MR) is 94.3 cm³/mol. The van der Waals surface area contributed by atoms with E-state index in [0.29, 0.717) is 11.3 Å². The number of carbonyl (C=O) groups is 3. The zero-order valence-electron chi connectivity index (χ0n) is 15.3. The highest BCUT2D eigenvalue weighted by Gasteiger charge is 2.32. The summed E-state index contributed by atoms with van der Waals surface area (Å²) >= 11 is 0. The van der Waals surface area contributed by atoms with Crippen LogP contribution in [0.2, 0.25) is 0 Å². The number of rotatable bonds is 7. The van der Waals surface area contributed by atoms with Crippen LogP contribution in [0.25, 0.3) is 0 Å². The molecule has 0 aliphatic carbocycles. The first-order chi connectivity index (χ1) is 11.7. The van der Waals surface area contributed by atoms with Gasteiger partial charge in [0.05, 0.1) is 19.3 Å². The molecule has 0 saturated heterocycles. The Hall–Kier alpha value is -2.57. The Bertz CT molecular complexity index is 622. The summed E-state index contributed by atoms with van der Waals surface area (Å²) < 4.78 is 9.58. The van der Waals surface area contributed by atoms with Gasteiger partial charge < -0.3 is 20.1 Å². The second-order valence-electron chi connectivity index (χ2n) is 6.50. The number of ether oxygens (including phenoxy) is 2. The van der Waals surface area contributed by atoms with E-state index in [1.54, 1.807) is 31.2 Å². The van der Waals surface area contributed by atoms with Gasteiger partial charge >= 0.3 is 11.9 Å². The third kappa shape index (κ3) is 6.10. The molecule has 1 unspecified atom stereocenters. The average molecular weight is 350 g/mol. The van der Waals surface area contributed by atoms with Crippen molar-refractivity contribution in [3.05, 3.63) is 29.8 Å². The Morgan fingerprint density at radius 3 is 2.36 bits per heavy atom. The van der Waals surface area contributed by atoms with Gasteiger partial charge in [0.2, 0.25) is 5.91 Å². The average Bonchev–Trinajstić information content (AvgIpc) is 2.56. The number of carbonyl (C=O) groups excluding carboxylic acids is 3. The largest absolute Gasteiger partial charge is 0.468 e. The van der Waals surface area contributed by atoms with Crippen LogP contribution in [0.1, 0.15) is 38.1 Å². The number of methoxy groups -OCH3 is 1. The zero-order chi connectivity index (χ0) is 19.0. The van der Waals surface area contributed by atoms with Crippen LogP contribution < -0.4 is 10.6 Å². The van der Waals surface area contributed by atoms with Crippen molar-refractivity contribution in [1.29, 1.82) is 0 Å². The lowest BCUT2D eigenvalue weighted by atomic mass is 9.85. The van der Waals surface area contributed by atoms with Gasteiger partial charge in [0.25, 0.3) is 0 Å². The number of nitrogens with one attached hydrogen (secondary N) is 2. The number of anilines is 1. The minimum atomic E-state index is -0.673. The molecule has 7 heteroatoms. The second-order valence-corrected chi connectivity index (χ2v) is 6.50. The Labute approximate surface area is 148 Å². The van der Waals surface area contributed by atoms with E-state index in [-0.39, 0.29) is 19.1 Å². The van der Waals surface area contributed by atoms with Gasteiger partial charge in [0.1, 0.15) is 12.6 Å². The highest BCUT2D eigenvalue weighted by Crippen LogP contribution is 2.26. The van der Waals surface area contributed by atoms with Crippen molar-refractivity contribution in [3.8, 4) is 0 Å². The van der Waals surface area contributed by atoms with Gasteiger partial charge in [0.15, 0.2) is 0 Å². The van der Waals surface area contributed by atoms with Crippen molar-refractivity contribution in [2.45, 2.75) is 33.7 Å². The quantitative estimate of drug-likeness (QED) is 0.730. The summed E-state index contributed by atoms with van der Waals surface area (Å²) in [6, 6.07) is 6.15. The lowest BCUT2D eigenvalue weighted by molar-refractivity contribution is -0.141. The molecule has 0 aliphatic heterocycles. The summed E-state index contributed by atoms with van der Waals surface area (Å²) in [6.45, 7) is 7.42. The van der Waals surface area contributed by atoms with Crippen molar-refractivity contribution in [2.75, 3.05) is 25.6 Å². The molecule has 1 atom stereocenters. The molecule has 1 aromatic carbocycles. The van der Waals surface area contributed by atoms with Crippen LogP contribution in [0.15, 0.2) is 24.3 Å². The highest BCUT2D eigenvalue weighted by atomic mass is 16.5. The highest BCUT2D eigenvalue weighted by molar-refractivity contribution is 5.97. The summed E-state index contributed by atoms with van der Waals surface area (Å²) in [5.74, 6) is -1.36. The van der Waals surface area contributed by atoms with E-state index >= 15 is 0 Å². The molecule has 0 radical (unpaired) electrons. The minimum absolute atomic E-state index is 0.219. The molecule has 0 fully saturated rings. The fourth-order valence-electron chi connectivity index (χ4n) is 2.16. The van der Waals surface area contributed by atoms with Crippen molar-refractivity contribution in [1.82, 2.24) is 5.32 Å². The van der Waals surface area contributed by atoms with Crippen LogP contribution in [0.4, 0.5) is 5.69 Å². The van der Waals surface area contributed by atoms with Gasteiger partial charge in [-0.05, 0) is 24.5 Å². The lowest BCUT2D eigenvalue weighted by Gasteiger charge is -2.31. The van der Waals surface area contributed by atoms with E-state index in [2.05, 4.69) is 15.4 Å². The maximum atomic E-state index is 12.5. The molecule has 1 amide bonds. The molecular formula is C18H26N2O5. The first-order valence-corrected chi connectivity index (χ1v) is 8.08. The topological polar surface area (TPSA) is 93.7 Å². The maximum Gasteiger partial charge on any atom is 0.340 e. The predicted octanol–water partition coefficient (Wildman–Crippen LogP) is 1.98.